The third kappa shape index (κ3) is 6.84. The molecule has 8 heteroatoms. The van der Waals surface area contributed by atoms with Crippen LogP contribution >= 0.6 is 35.0 Å². The van der Waals surface area contributed by atoms with Gasteiger partial charge in [0, 0.05) is 29.4 Å². The number of hydrogen-bond donors (Lipinski definition) is 1. The van der Waals surface area contributed by atoms with E-state index in [9.17, 15) is 9.59 Å². The smallest absolute Gasteiger partial charge is 0.242 e. The lowest BCUT2D eigenvalue weighted by molar-refractivity contribution is -0.138. The fourth-order valence-corrected chi connectivity index (χ4v) is 4.16. The van der Waals surface area contributed by atoms with E-state index in [1.165, 1.54) is 11.8 Å². The van der Waals surface area contributed by atoms with E-state index >= 15 is 0 Å². The highest BCUT2D eigenvalue weighted by Gasteiger charge is 2.25. The molecule has 2 aromatic rings. The molecule has 1 N–H and O–H groups in total. The Balaban J connectivity index is 2.05. The average Bonchev–Trinajstić information content (AvgIpc) is 2.72. The van der Waals surface area contributed by atoms with Gasteiger partial charge in [-0.15, -0.1) is 11.8 Å². The van der Waals surface area contributed by atoms with Crippen molar-refractivity contribution >= 4 is 46.8 Å². The minimum atomic E-state index is -0.589. The molecule has 2 aromatic carbocycles. The monoisotopic (exact) mass is 454 g/mol. The Morgan fingerprint density at radius 3 is 2.45 bits per heavy atom. The molecule has 1 atom stereocenters. The second-order valence-corrected chi connectivity index (χ2v) is 8.22. The van der Waals surface area contributed by atoms with Gasteiger partial charge in [0.15, 0.2) is 0 Å². The zero-order valence-electron chi connectivity index (χ0n) is 16.6. The van der Waals surface area contributed by atoms with Crippen LogP contribution in [0.5, 0.6) is 5.75 Å². The van der Waals surface area contributed by atoms with Crippen molar-refractivity contribution in [3.8, 4) is 5.75 Å². The molecular weight excluding hydrogens is 431 g/mol. The number of amides is 2. The van der Waals surface area contributed by atoms with Crippen LogP contribution in [0.15, 0.2) is 42.5 Å². The lowest BCUT2D eigenvalue weighted by atomic mass is 10.1. The fraction of sp³-hybridized carbons (Fsp3) is 0.333. The van der Waals surface area contributed by atoms with Crippen LogP contribution in [-0.2, 0) is 21.9 Å². The molecule has 0 aromatic heterocycles. The molecule has 0 aliphatic heterocycles. The van der Waals surface area contributed by atoms with Gasteiger partial charge < -0.3 is 15.0 Å². The number of nitrogens with one attached hydrogen (secondary N) is 1. The summed E-state index contributed by atoms with van der Waals surface area (Å²) >= 11 is 13.6. The minimum absolute atomic E-state index is 0.119. The number of thioether (sulfide) groups is 1. The molecular formula is C21H24Cl2N2O3S. The summed E-state index contributed by atoms with van der Waals surface area (Å²) in [5.74, 6) is 1.22. The van der Waals surface area contributed by atoms with Gasteiger partial charge in [0.25, 0.3) is 0 Å². The van der Waals surface area contributed by atoms with Crippen LogP contribution in [0.2, 0.25) is 10.0 Å². The molecule has 0 saturated carbocycles. The van der Waals surface area contributed by atoms with Gasteiger partial charge in [-0.05, 0) is 42.3 Å². The molecule has 0 unspecified atom stereocenters. The molecule has 156 valence electrons. The molecule has 0 aliphatic carbocycles. The van der Waals surface area contributed by atoms with Gasteiger partial charge in [-0.25, -0.2) is 0 Å². The summed E-state index contributed by atoms with van der Waals surface area (Å²) in [6, 6.07) is 12.2. The van der Waals surface area contributed by atoms with Crippen LogP contribution in [-0.4, -0.2) is 42.7 Å². The molecule has 29 heavy (non-hydrogen) atoms. The lowest BCUT2D eigenvalue weighted by Crippen LogP contribution is -2.47. The second kappa shape index (κ2) is 11.3. The van der Waals surface area contributed by atoms with E-state index in [2.05, 4.69) is 5.32 Å². The molecule has 0 aliphatic rings. The first-order valence-electron chi connectivity index (χ1n) is 9.01. The van der Waals surface area contributed by atoms with Gasteiger partial charge in [-0.3, -0.25) is 9.59 Å². The minimum Gasteiger partial charge on any atom is -0.497 e. The number of halogens is 2. The second-order valence-electron chi connectivity index (χ2n) is 6.39. The first kappa shape index (κ1) is 23.4. The molecule has 0 spiro atoms. The van der Waals surface area contributed by atoms with Crippen LogP contribution in [0.3, 0.4) is 0 Å². The molecule has 0 bridgehead atoms. The van der Waals surface area contributed by atoms with Crippen molar-refractivity contribution < 1.29 is 14.3 Å². The highest BCUT2D eigenvalue weighted by molar-refractivity contribution is 7.99. The van der Waals surface area contributed by atoms with E-state index < -0.39 is 6.04 Å². The zero-order valence-corrected chi connectivity index (χ0v) is 18.9. The largest absolute Gasteiger partial charge is 0.497 e. The number of ether oxygens (including phenoxy) is 1. The number of carbonyl (C=O) groups is 2. The van der Waals surface area contributed by atoms with Crippen molar-refractivity contribution in [2.45, 2.75) is 25.3 Å². The van der Waals surface area contributed by atoms with Gasteiger partial charge >= 0.3 is 0 Å². The summed E-state index contributed by atoms with van der Waals surface area (Å²) < 4.78 is 5.17. The van der Waals surface area contributed by atoms with Gasteiger partial charge in [0.2, 0.25) is 11.8 Å². The summed E-state index contributed by atoms with van der Waals surface area (Å²) in [4.78, 5) is 26.6. The Bertz CT molecular complexity index is 846. The quantitative estimate of drug-likeness (QED) is 0.609. The van der Waals surface area contributed by atoms with Gasteiger partial charge in [0.05, 0.1) is 12.9 Å². The Kier molecular flexibility index (Phi) is 9.14. The molecule has 0 heterocycles. The van der Waals surface area contributed by atoms with E-state index in [0.717, 1.165) is 16.9 Å². The Morgan fingerprint density at radius 1 is 1.17 bits per heavy atom. The first-order valence-corrected chi connectivity index (χ1v) is 10.9. The number of nitrogens with zero attached hydrogens (tertiary/aromatic N) is 1. The number of carbonyl (C=O) groups excluding carboxylic acids is 2. The Hall–Kier alpha value is -1.89. The summed E-state index contributed by atoms with van der Waals surface area (Å²) in [6.07, 6.45) is 0. The Morgan fingerprint density at radius 2 is 1.86 bits per heavy atom. The normalized spacial score (nSPS) is 11.6. The van der Waals surface area contributed by atoms with E-state index in [1.54, 1.807) is 38.1 Å². The number of likely N-dealkylation sites (N-methyl/N-ethyl adjacent to an activating group) is 1. The van der Waals surface area contributed by atoms with Gasteiger partial charge in [-0.1, -0.05) is 41.4 Å². The topological polar surface area (TPSA) is 58.6 Å². The number of hydrogen-bond acceptors (Lipinski definition) is 4. The molecule has 0 fully saturated rings. The van der Waals surface area contributed by atoms with E-state index in [4.69, 9.17) is 27.9 Å². The van der Waals surface area contributed by atoms with E-state index in [0.29, 0.717) is 22.3 Å². The van der Waals surface area contributed by atoms with Crippen LogP contribution < -0.4 is 10.1 Å². The molecule has 2 rings (SSSR count). The first-order chi connectivity index (χ1) is 13.8. The molecule has 2 amide bonds. The van der Waals surface area contributed by atoms with Crippen molar-refractivity contribution in [2.24, 2.45) is 0 Å². The van der Waals surface area contributed by atoms with Gasteiger partial charge in [-0.2, -0.15) is 0 Å². The molecule has 0 radical (unpaired) electrons. The maximum atomic E-state index is 12.9. The SMILES string of the molecule is CNC(=O)[C@H](C)N(Cc1ccc(OC)cc1)C(=O)CSCc1ccc(Cl)cc1Cl. The van der Waals surface area contributed by atoms with Crippen LogP contribution in [0.25, 0.3) is 0 Å². The lowest BCUT2D eigenvalue weighted by Gasteiger charge is -2.28. The zero-order chi connectivity index (χ0) is 21.4. The predicted molar refractivity (Wildman–Crippen MR) is 120 cm³/mol. The van der Waals surface area contributed by atoms with Crippen LogP contribution in [0, 0.1) is 0 Å². The maximum Gasteiger partial charge on any atom is 0.242 e. The standard InChI is InChI=1S/C21H24Cl2N2O3S/c1-14(21(27)24-2)25(11-15-4-8-18(28-3)9-5-15)20(26)13-29-12-16-6-7-17(22)10-19(16)23/h4-10,14H,11-13H2,1-3H3,(H,24,27)/t14-/m0/s1. The van der Waals surface area contributed by atoms with Crippen molar-refractivity contribution in [3.63, 3.8) is 0 Å². The van der Waals surface area contributed by atoms with Crippen molar-refractivity contribution in [3.05, 3.63) is 63.6 Å². The van der Waals surface area contributed by atoms with Crippen LogP contribution in [0.4, 0.5) is 0 Å². The number of benzene rings is 2. The van der Waals surface area contributed by atoms with Crippen molar-refractivity contribution in [1.29, 1.82) is 0 Å². The average molecular weight is 455 g/mol. The number of rotatable bonds is 9. The highest BCUT2D eigenvalue weighted by Crippen LogP contribution is 2.25. The van der Waals surface area contributed by atoms with Gasteiger partial charge in [0.1, 0.15) is 11.8 Å². The number of methoxy groups -OCH3 is 1. The summed E-state index contributed by atoms with van der Waals surface area (Å²) in [6.45, 7) is 2.06. The fourth-order valence-electron chi connectivity index (χ4n) is 2.69. The summed E-state index contributed by atoms with van der Waals surface area (Å²) in [7, 11) is 3.16. The molecule has 5 nitrogen and oxygen atoms in total. The summed E-state index contributed by atoms with van der Waals surface area (Å²) in [5, 5.41) is 3.76. The predicted octanol–water partition coefficient (Wildman–Crippen LogP) is 4.40. The highest BCUT2D eigenvalue weighted by atomic mass is 35.5. The third-order valence-electron chi connectivity index (χ3n) is 4.42. The van der Waals surface area contributed by atoms with E-state index in [-0.39, 0.29) is 17.6 Å². The maximum absolute atomic E-state index is 12.9. The third-order valence-corrected chi connectivity index (χ3v) is 5.98. The van der Waals surface area contributed by atoms with Crippen molar-refractivity contribution in [2.75, 3.05) is 19.9 Å². The van der Waals surface area contributed by atoms with Crippen LogP contribution in [0.1, 0.15) is 18.1 Å². The molecule has 0 saturated heterocycles. The summed E-state index contributed by atoms with van der Waals surface area (Å²) in [5.41, 5.74) is 1.83. The van der Waals surface area contributed by atoms with Crippen molar-refractivity contribution in [1.82, 2.24) is 10.2 Å². The Labute approximate surface area is 185 Å². The van der Waals surface area contributed by atoms with E-state index in [1.807, 2.05) is 30.3 Å².